The van der Waals surface area contributed by atoms with Crippen LogP contribution in [0.15, 0.2) is 0 Å². The molecule has 0 aromatic heterocycles. The molecule has 1 fully saturated rings. The fourth-order valence-electron chi connectivity index (χ4n) is 2.69. The monoisotopic (exact) mass is 317 g/mol. The maximum Gasteiger partial charge on any atom is 0.308 e. The van der Waals surface area contributed by atoms with Crippen LogP contribution in [0.5, 0.6) is 0 Å². The number of aliphatic hydroxyl groups excluding tert-OH is 3. The SMILES string of the molecule is CC1CCCC(O)CCCN(C)C(C)C(O)C(O)COC1=O. The van der Waals surface area contributed by atoms with Gasteiger partial charge in [-0.1, -0.05) is 13.3 Å². The lowest BCUT2D eigenvalue weighted by atomic mass is 10.0. The van der Waals surface area contributed by atoms with E-state index < -0.39 is 12.2 Å². The van der Waals surface area contributed by atoms with E-state index in [9.17, 15) is 20.1 Å². The number of aliphatic hydroxyl groups is 3. The molecule has 130 valence electrons. The van der Waals surface area contributed by atoms with Gasteiger partial charge in [0.2, 0.25) is 0 Å². The van der Waals surface area contributed by atoms with Gasteiger partial charge < -0.3 is 25.0 Å². The van der Waals surface area contributed by atoms with Crippen molar-refractivity contribution in [3.05, 3.63) is 0 Å². The van der Waals surface area contributed by atoms with Crippen LogP contribution in [0.25, 0.3) is 0 Å². The molecule has 0 aliphatic carbocycles. The van der Waals surface area contributed by atoms with E-state index in [0.717, 1.165) is 19.4 Å². The molecule has 1 saturated heterocycles. The molecular formula is C16H31NO5. The van der Waals surface area contributed by atoms with E-state index in [1.165, 1.54) is 0 Å². The minimum absolute atomic E-state index is 0.189. The molecule has 1 aliphatic rings. The number of likely N-dealkylation sites (N-methyl/N-ethyl adjacent to an activating group) is 1. The van der Waals surface area contributed by atoms with Crippen molar-refractivity contribution in [3.8, 4) is 0 Å². The lowest BCUT2D eigenvalue weighted by Gasteiger charge is -2.31. The Balaban J connectivity index is 2.68. The predicted molar refractivity (Wildman–Crippen MR) is 83.3 cm³/mol. The zero-order valence-electron chi connectivity index (χ0n) is 13.9. The minimum Gasteiger partial charge on any atom is -0.463 e. The predicted octanol–water partition coefficient (Wildman–Crippen LogP) is 0.533. The van der Waals surface area contributed by atoms with E-state index in [4.69, 9.17) is 4.74 Å². The van der Waals surface area contributed by atoms with Gasteiger partial charge in [0.15, 0.2) is 0 Å². The van der Waals surface area contributed by atoms with Crippen molar-refractivity contribution in [2.75, 3.05) is 20.2 Å². The van der Waals surface area contributed by atoms with Crippen LogP contribution in [0.2, 0.25) is 0 Å². The lowest BCUT2D eigenvalue weighted by molar-refractivity contribution is -0.154. The van der Waals surface area contributed by atoms with Crippen molar-refractivity contribution >= 4 is 5.97 Å². The second-order valence-electron chi connectivity index (χ2n) is 6.54. The van der Waals surface area contributed by atoms with Crippen molar-refractivity contribution in [2.24, 2.45) is 5.92 Å². The highest BCUT2D eigenvalue weighted by molar-refractivity contribution is 5.71. The molecule has 0 aromatic rings. The van der Waals surface area contributed by atoms with E-state index >= 15 is 0 Å². The fourth-order valence-corrected chi connectivity index (χ4v) is 2.69. The molecular weight excluding hydrogens is 286 g/mol. The Bertz CT molecular complexity index is 338. The molecule has 0 saturated carbocycles. The van der Waals surface area contributed by atoms with Crippen LogP contribution in [0.4, 0.5) is 0 Å². The Kier molecular flexibility index (Phi) is 8.31. The maximum absolute atomic E-state index is 11.8. The summed E-state index contributed by atoms with van der Waals surface area (Å²) >= 11 is 0. The molecule has 22 heavy (non-hydrogen) atoms. The van der Waals surface area contributed by atoms with Crippen molar-refractivity contribution in [1.29, 1.82) is 0 Å². The number of carbonyl (C=O) groups excluding carboxylic acids is 1. The van der Waals surface area contributed by atoms with E-state index in [-0.39, 0.29) is 30.6 Å². The van der Waals surface area contributed by atoms with Gasteiger partial charge in [-0.3, -0.25) is 4.79 Å². The van der Waals surface area contributed by atoms with Gasteiger partial charge in [0.05, 0.1) is 18.1 Å². The lowest BCUT2D eigenvalue weighted by Crippen LogP contribution is -2.47. The van der Waals surface area contributed by atoms with Gasteiger partial charge >= 0.3 is 5.97 Å². The van der Waals surface area contributed by atoms with Crippen molar-refractivity contribution in [3.63, 3.8) is 0 Å². The molecule has 1 aliphatic heterocycles. The van der Waals surface area contributed by atoms with Gasteiger partial charge in [0.25, 0.3) is 0 Å². The summed E-state index contributed by atoms with van der Waals surface area (Å²) < 4.78 is 5.09. The molecule has 0 radical (unpaired) electrons. The first-order chi connectivity index (χ1) is 10.3. The largest absolute Gasteiger partial charge is 0.463 e. The standard InChI is InChI=1S/C16H31NO5/c1-11-6-4-7-13(18)8-5-9-17(3)12(2)15(20)14(19)10-22-16(11)21/h11-15,18-20H,4-10H2,1-3H3. The Morgan fingerprint density at radius 3 is 2.41 bits per heavy atom. The zero-order valence-corrected chi connectivity index (χ0v) is 13.9. The number of carbonyl (C=O) groups is 1. The van der Waals surface area contributed by atoms with Crippen LogP contribution in [0.1, 0.15) is 46.0 Å². The summed E-state index contributed by atoms with van der Waals surface area (Å²) in [4.78, 5) is 13.8. The molecule has 6 nitrogen and oxygen atoms in total. The van der Waals surface area contributed by atoms with Gasteiger partial charge in [0.1, 0.15) is 12.7 Å². The summed E-state index contributed by atoms with van der Waals surface area (Å²) in [6.07, 6.45) is 1.21. The van der Waals surface area contributed by atoms with E-state index in [1.54, 1.807) is 6.92 Å². The zero-order chi connectivity index (χ0) is 16.7. The van der Waals surface area contributed by atoms with Crippen molar-refractivity contribution in [1.82, 2.24) is 4.90 Å². The van der Waals surface area contributed by atoms with Gasteiger partial charge in [-0.15, -0.1) is 0 Å². The molecule has 5 atom stereocenters. The third-order valence-corrected chi connectivity index (χ3v) is 4.61. The summed E-state index contributed by atoms with van der Waals surface area (Å²) in [5, 5.41) is 30.1. The molecule has 6 heteroatoms. The number of nitrogens with zero attached hydrogens (tertiary/aromatic N) is 1. The Morgan fingerprint density at radius 2 is 1.73 bits per heavy atom. The van der Waals surface area contributed by atoms with Crippen LogP contribution >= 0.6 is 0 Å². The van der Waals surface area contributed by atoms with Crippen molar-refractivity contribution < 1.29 is 24.9 Å². The number of rotatable bonds is 0. The highest BCUT2D eigenvalue weighted by Crippen LogP contribution is 2.16. The summed E-state index contributed by atoms with van der Waals surface area (Å²) in [6.45, 7) is 4.15. The molecule has 0 aromatic carbocycles. The molecule has 1 heterocycles. The van der Waals surface area contributed by atoms with Crippen LogP contribution in [-0.2, 0) is 9.53 Å². The molecule has 0 bridgehead atoms. The fraction of sp³-hybridized carbons (Fsp3) is 0.938. The number of hydrogen-bond acceptors (Lipinski definition) is 6. The van der Waals surface area contributed by atoms with Crippen LogP contribution < -0.4 is 0 Å². The van der Waals surface area contributed by atoms with E-state index in [1.807, 2.05) is 18.9 Å². The van der Waals surface area contributed by atoms with E-state index in [0.29, 0.717) is 19.3 Å². The Morgan fingerprint density at radius 1 is 1.09 bits per heavy atom. The minimum atomic E-state index is -1.09. The third kappa shape index (κ3) is 6.20. The molecule has 0 spiro atoms. The van der Waals surface area contributed by atoms with Gasteiger partial charge in [-0.25, -0.2) is 0 Å². The highest BCUT2D eigenvalue weighted by atomic mass is 16.5. The summed E-state index contributed by atoms with van der Waals surface area (Å²) in [5.74, 6) is -0.626. The number of cyclic esters (lactones) is 1. The first-order valence-corrected chi connectivity index (χ1v) is 8.24. The third-order valence-electron chi connectivity index (χ3n) is 4.61. The first-order valence-electron chi connectivity index (χ1n) is 8.24. The van der Waals surface area contributed by atoms with E-state index in [2.05, 4.69) is 0 Å². The number of ether oxygens (including phenoxy) is 1. The van der Waals surface area contributed by atoms with Gasteiger partial charge in [0, 0.05) is 6.04 Å². The normalized spacial score (nSPS) is 37.9. The van der Waals surface area contributed by atoms with Crippen LogP contribution in [-0.4, -0.2) is 70.7 Å². The summed E-state index contributed by atoms with van der Waals surface area (Å²) in [5.41, 5.74) is 0. The Labute approximate surface area is 133 Å². The molecule has 5 unspecified atom stereocenters. The summed E-state index contributed by atoms with van der Waals surface area (Å²) in [6, 6.07) is -0.256. The van der Waals surface area contributed by atoms with Crippen molar-refractivity contribution in [2.45, 2.75) is 70.3 Å². The number of hydrogen-bond donors (Lipinski definition) is 3. The first kappa shape index (κ1) is 19.4. The Hall–Kier alpha value is -0.690. The second kappa shape index (κ2) is 9.45. The topological polar surface area (TPSA) is 90.2 Å². The molecule has 0 amide bonds. The smallest absolute Gasteiger partial charge is 0.308 e. The highest BCUT2D eigenvalue weighted by Gasteiger charge is 2.27. The van der Waals surface area contributed by atoms with Gasteiger partial charge in [-0.05, 0) is 46.2 Å². The van der Waals surface area contributed by atoms with Gasteiger partial charge in [-0.2, -0.15) is 0 Å². The maximum atomic E-state index is 11.8. The quantitative estimate of drug-likeness (QED) is 0.565. The number of esters is 1. The van der Waals surface area contributed by atoms with Crippen LogP contribution in [0.3, 0.4) is 0 Å². The van der Waals surface area contributed by atoms with Crippen LogP contribution in [0, 0.1) is 5.92 Å². The molecule has 1 rings (SSSR count). The molecule has 3 N–H and O–H groups in total. The average molecular weight is 317 g/mol. The average Bonchev–Trinajstić information content (AvgIpc) is 2.49. The summed E-state index contributed by atoms with van der Waals surface area (Å²) in [7, 11) is 1.87. The second-order valence-corrected chi connectivity index (χ2v) is 6.54.